The molecule has 0 heterocycles. The zero-order valence-corrected chi connectivity index (χ0v) is 21.3. The van der Waals surface area contributed by atoms with Crippen molar-refractivity contribution in [3.63, 3.8) is 0 Å². The highest BCUT2D eigenvalue weighted by atomic mass is 16.3. The topological polar surface area (TPSA) is 81.7 Å². The number of nitrogens with zero attached hydrogens (tertiary/aromatic N) is 1. The highest BCUT2D eigenvalue weighted by Crippen LogP contribution is 2.28. The van der Waals surface area contributed by atoms with E-state index in [4.69, 9.17) is 0 Å². The van der Waals surface area contributed by atoms with Gasteiger partial charge in [-0.3, -0.25) is 9.59 Å². The monoisotopic (exact) mass is 453 g/mol. The Labute approximate surface area is 197 Å². The number of aliphatic hydroxyl groups is 1. The first-order valence-electron chi connectivity index (χ1n) is 13.3. The van der Waals surface area contributed by atoms with Gasteiger partial charge in [0.15, 0.2) is 0 Å². The molecule has 32 heavy (non-hydrogen) atoms. The predicted octanol–water partition coefficient (Wildman–Crippen LogP) is 4.26. The molecule has 6 heteroatoms. The van der Waals surface area contributed by atoms with Gasteiger partial charge in [-0.1, -0.05) is 59.8 Å². The molecule has 1 fully saturated rings. The van der Waals surface area contributed by atoms with Gasteiger partial charge < -0.3 is 20.6 Å². The van der Waals surface area contributed by atoms with Crippen molar-refractivity contribution in [2.45, 2.75) is 117 Å². The second-order valence-corrected chi connectivity index (χ2v) is 10.1. The van der Waals surface area contributed by atoms with Gasteiger partial charge in [-0.15, -0.1) is 0 Å². The van der Waals surface area contributed by atoms with Gasteiger partial charge in [-0.25, -0.2) is 0 Å². The van der Waals surface area contributed by atoms with Crippen LogP contribution in [0.15, 0.2) is 0 Å². The summed E-state index contributed by atoms with van der Waals surface area (Å²) in [5.41, 5.74) is 0. The van der Waals surface area contributed by atoms with Crippen molar-refractivity contribution in [3.05, 3.63) is 0 Å². The third kappa shape index (κ3) is 12.8. The van der Waals surface area contributed by atoms with Gasteiger partial charge in [0.2, 0.25) is 11.8 Å². The molecule has 188 valence electrons. The van der Waals surface area contributed by atoms with E-state index >= 15 is 0 Å². The van der Waals surface area contributed by atoms with E-state index < -0.39 is 6.10 Å². The molecule has 1 saturated carbocycles. The van der Waals surface area contributed by atoms with Crippen LogP contribution in [0.3, 0.4) is 0 Å². The molecule has 0 radical (unpaired) electrons. The lowest BCUT2D eigenvalue weighted by atomic mass is 9.83. The van der Waals surface area contributed by atoms with Crippen molar-refractivity contribution < 1.29 is 14.7 Å². The minimum absolute atomic E-state index is 0.0441. The molecule has 0 unspecified atom stereocenters. The van der Waals surface area contributed by atoms with E-state index in [1.165, 1.54) is 32.1 Å². The van der Waals surface area contributed by atoms with E-state index in [2.05, 4.69) is 38.3 Å². The SMILES string of the molecule is CCCN(CCC)C(=O)CCCC(=O)N[C@@H](CC1CCCCC1)[C@H](O)CNCCC(C)C. The number of hydrogen-bond donors (Lipinski definition) is 3. The molecule has 6 nitrogen and oxygen atoms in total. The molecule has 0 saturated heterocycles. The Morgan fingerprint density at radius 3 is 2.28 bits per heavy atom. The number of carbonyl (C=O) groups is 2. The average Bonchev–Trinajstić information content (AvgIpc) is 2.76. The molecular weight excluding hydrogens is 402 g/mol. The second-order valence-electron chi connectivity index (χ2n) is 10.1. The molecule has 1 aliphatic carbocycles. The zero-order chi connectivity index (χ0) is 23.8. The van der Waals surface area contributed by atoms with Crippen LogP contribution in [0.1, 0.15) is 105 Å². The number of hydrogen-bond acceptors (Lipinski definition) is 4. The lowest BCUT2D eigenvalue weighted by molar-refractivity contribution is -0.131. The van der Waals surface area contributed by atoms with Crippen LogP contribution >= 0.6 is 0 Å². The summed E-state index contributed by atoms with van der Waals surface area (Å²) in [6, 6.07) is -0.218. The van der Waals surface area contributed by atoms with Crippen LogP contribution in [0, 0.1) is 11.8 Å². The minimum Gasteiger partial charge on any atom is -0.390 e. The van der Waals surface area contributed by atoms with Crippen molar-refractivity contribution in [2.75, 3.05) is 26.2 Å². The number of amides is 2. The molecule has 2 atom stereocenters. The van der Waals surface area contributed by atoms with E-state index in [1.807, 2.05) is 4.90 Å². The summed E-state index contributed by atoms with van der Waals surface area (Å²) in [7, 11) is 0. The van der Waals surface area contributed by atoms with E-state index in [0.29, 0.717) is 37.6 Å². The summed E-state index contributed by atoms with van der Waals surface area (Å²) in [6.45, 7) is 11.5. The summed E-state index contributed by atoms with van der Waals surface area (Å²) >= 11 is 0. The van der Waals surface area contributed by atoms with E-state index in [0.717, 1.165) is 45.3 Å². The van der Waals surface area contributed by atoms with Gasteiger partial charge >= 0.3 is 0 Å². The fraction of sp³-hybridized carbons (Fsp3) is 0.923. The van der Waals surface area contributed by atoms with Crippen LogP contribution in [0.4, 0.5) is 0 Å². The van der Waals surface area contributed by atoms with Crippen LogP contribution < -0.4 is 10.6 Å². The number of aliphatic hydroxyl groups excluding tert-OH is 1. The van der Waals surface area contributed by atoms with Crippen molar-refractivity contribution in [1.82, 2.24) is 15.5 Å². The van der Waals surface area contributed by atoms with E-state index in [1.54, 1.807) is 0 Å². The fourth-order valence-corrected chi connectivity index (χ4v) is 4.62. The first-order chi connectivity index (χ1) is 15.4. The van der Waals surface area contributed by atoms with Crippen molar-refractivity contribution in [2.24, 2.45) is 11.8 Å². The van der Waals surface area contributed by atoms with E-state index in [-0.39, 0.29) is 17.9 Å². The molecule has 0 spiro atoms. The van der Waals surface area contributed by atoms with Gasteiger partial charge in [-0.05, 0) is 50.5 Å². The van der Waals surface area contributed by atoms with Gasteiger partial charge in [-0.2, -0.15) is 0 Å². The summed E-state index contributed by atoms with van der Waals surface area (Å²) < 4.78 is 0. The van der Waals surface area contributed by atoms with Gasteiger partial charge in [0.05, 0.1) is 12.1 Å². The lowest BCUT2D eigenvalue weighted by Crippen LogP contribution is -2.48. The molecule has 0 aromatic heterocycles. The van der Waals surface area contributed by atoms with Crippen molar-refractivity contribution >= 4 is 11.8 Å². The minimum atomic E-state index is -0.584. The first-order valence-corrected chi connectivity index (χ1v) is 13.3. The third-order valence-corrected chi connectivity index (χ3v) is 6.51. The maximum atomic E-state index is 12.7. The molecule has 1 aliphatic rings. The molecule has 0 aromatic rings. The predicted molar refractivity (Wildman–Crippen MR) is 132 cm³/mol. The Morgan fingerprint density at radius 2 is 1.69 bits per heavy atom. The Hall–Kier alpha value is -1.14. The van der Waals surface area contributed by atoms with Gasteiger partial charge in [0, 0.05) is 32.5 Å². The van der Waals surface area contributed by atoms with Crippen molar-refractivity contribution in [3.8, 4) is 0 Å². The summed E-state index contributed by atoms with van der Waals surface area (Å²) in [5.74, 6) is 1.32. The second kappa shape index (κ2) is 17.4. The molecule has 1 rings (SSSR count). The number of rotatable bonds is 17. The van der Waals surface area contributed by atoms with Crippen LogP contribution in [-0.2, 0) is 9.59 Å². The first kappa shape index (κ1) is 28.9. The standard InChI is InChI=1S/C26H51N3O3/c1-5-17-29(18-6-2)26(32)14-10-13-25(31)28-23(19-22-11-8-7-9-12-22)24(30)20-27-16-15-21(3)4/h21-24,27,30H,5-20H2,1-4H3,(H,28,31)/t23-,24+/m0/s1. The van der Waals surface area contributed by atoms with Crippen LogP contribution in [-0.4, -0.2) is 60.1 Å². The zero-order valence-electron chi connectivity index (χ0n) is 21.3. The Kier molecular flexibility index (Phi) is 15.7. The Morgan fingerprint density at radius 1 is 1.03 bits per heavy atom. The quantitative estimate of drug-likeness (QED) is 0.288. The van der Waals surface area contributed by atoms with Gasteiger partial charge in [0.1, 0.15) is 0 Å². The van der Waals surface area contributed by atoms with E-state index in [9.17, 15) is 14.7 Å². The molecule has 0 aliphatic heterocycles. The molecule has 0 aromatic carbocycles. The molecular formula is C26H51N3O3. The highest BCUT2D eigenvalue weighted by molar-refractivity contribution is 5.79. The Balaban J connectivity index is 2.50. The van der Waals surface area contributed by atoms with Crippen LogP contribution in [0.5, 0.6) is 0 Å². The summed E-state index contributed by atoms with van der Waals surface area (Å²) in [6.07, 6.45) is 10.8. The average molecular weight is 454 g/mol. The maximum absolute atomic E-state index is 12.7. The molecule has 2 amide bonds. The Bertz CT molecular complexity index is 501. The number of nitrogens with one attached hydrogen (secondary N) is 2. The van der Waals surface area contributed by atoms with Gasteiger partial charge in [0.25, 0.3) is 0 Å². The number of carbonyl (C=O) groups excluding carboxylic acids is 2. The lowest BCUT2D eigenvalue weighted by Gasteiger charge is -2.30. The summed E-state index contributed by atoms with van der Waals surface area (Å²) in [5, 5.41) is 17.3. The smallest absolute Gasteiger partial charge is 0.222 e. The fourth-order valence-electron chi connectivity index (χ4n) is 4.62. The maximum Gasteiger partial charge on any atom is 0.222 e. The van der Waals surface area contributed by atoms with Crippen LogP contribution in [0.25, 0.3) is 0 Å². The van der Waals surface area contributed by atoms with Crippen molar-refractivity contribution in [1.29, 1.82) is 0 Å². The molecule has 0 bridgehead atoms. The summed E-state index contributed by atoms with van der Waals surface area (Å²) in [4.78, 5) is 27.0. The van der Waals surface area contributed by atoms with Crippen LogP contribution in [0.2, 0.25) is 0 Å². The largest absolute Gasteiger partial charge is 0.390 e. The normalized spacial score (nSPS) is 16.7. The molecule has 3 N–H and O–H groups in total. The third-order valence-electron chi connectivity index (χ3n) is 6.51. The highest BCUT2D eigenvalue weighted by Gasteiger charge is 2.26.